The molecule has 2 heterocycles. The van der Waals surface area contributed by atoms with Gasteiger partial charge in [0.25, 0.3) is 0 Å². The summed E-state index contributed by atoms with van der Waals surface area (Å²) in [7, 11) is 0. The van der Waals surface area contributed by atoms with Crippen LogP contribution in [0.2, 0.25) is 0 Å². The SMILES string of the molecule is N=c1c2c(ncn1Cc1ccccc1)Oc1cc(O)ccc1C2c1ccccc1. The normalized spacial score (nSPS) is 14.6. The number of benzene rings is 3. The van der Waals surface area contributed by atoms with Gasteiger partial charge in [-0.25, -0.2) is 4.98 Å². The summed E-state index contributed by atoms with van der Waals surface area (Å²) >= 11 is 0. The molecule has 4 aromatic rings. The van der Waals surface area contributed by atoms with E-state index in [2.05, 4.69) is 4.98 Å². The number of hydrogen-bond acceptors (Lipinski definition) is 4. The summed E-state index contributed by atoms with van der Waals surface area (Å²) in [4.78, 5) is 4.52. The van der Waals surface area contributed by atoms with E-state index in [-0.39, 0.29) is 11.7 Å². The Balaban J connectivity index is 1.69. The third-order valence-electron chi connectivity index (χ3n) is 5.22. The van der Waals surface area contributed by atoms with E-state index in [1.807, 2.05) is 71.3 Å². The molecule has 142 valence electrons. The Morgan fingerprint density at radius 3 is 2.45 bits per heavy atom. The van der Waals surface area contributed by atoms with E-state index in [1.165, 1.54) is 0 Å². The highest BCUT2D eigenvalue weighted by atomic mass is 16.5. The maximum Gasteiger partial charge on any atom is 0.228 e. The molecule has 5 nitrogen and oxygen atoms in total. The molecule has 0 spiro atoms. The molecule has 3 aromatic carbocycles. The molecule has 0 amide bonds. The van der Waals surface area contributed by atoms with Gasteiger partial charge in [-0.15, -0.1) is 0 Å². The molecule has 2 N–H and O–H groups in total. The van der Waals surface area contributed by atoms with Gasteiger partial charge in [0.15, 0.2) is 0 Å². The molecular formula is C24H19N3O2. The Kier molecular flexibility index (Phi) is 4.13. The minimum absolute atomic E-state index is 0.139. The maximum atomic E-state index is 9.91. The number of hydrogen-bond donors (Lipinski definition) is 2. The first kappa shape index (κ1) is 17.3. The lowest BCUT2D eigenvalue weighted by atomic mass is 9.84. The first-order valence-electron chi connectivity index (χ1n) is 9.44. The van der Waals surface area contributed by atoms with Gasteiger partial charge in [0.1, 0.15) is 23.3 Å². The third-order valence-corrected chi connectivity index (χ3v) is 5.22. The summed E-state index contributed by atoms with van der Waals surface area (Å²) in [5.74, 6) is 0.921. The zero-order valence-corrected chi connectivity index (χ0v) is 15.6. The molecule has 5 heteroatoms. The number of phenolic OH excluding ortho intramolecular Hbond substituents is 1. The molecule has 0 saturated carbocycles. The largest absolute Gasteiger partial charge is 0.508 e. The van der Waals surface area contributed by atoms with E-state index in [1.54, 1.807) is 18.5 Å². The van der Waals surface area contributed by atoms with Crippen LogP contribution in [-0.2, 0) is 6.54 Å². The van der Waals surface area contributed by atoms with E-state index in [0.29, 0.717) is 23.7 Å². The van der Waals surface area contributed by atoms with E-state index < -0.39 is 0 Å². The number of aromatic nitrogens is 2. The second-order valence-corrected chi connectivity index (χ2v) is 7.09. The summed E-state index contributed by atoms with van der Waals surface area (Å²) < 4.78 is 7.82. The first-order valence-corrected chi connectivity index (χ1v) is 9.44. The molecule has 1 aliphatic heterocycles. The van der Waals surface area contributed by atoms with Crippen LogP contribution in [0, 0.1) is 5.41 Å². The van der Waals surface area contributed by atoms with Crippen LogP contribution in [0.15, 0.2) is 85.2 Å². The van der Waals surface area contributed by atoms with E-state index in [0.717, 1.165) is 22.3 Å². The van der Waals surface area contributed by atoms with Crippen LogP contribution in [0.1, 0.15) is 28.2 Å². The quantitative estimate of drug-likeness (QED) is 0.486. The zero-order chi connectivity index (χ0) is 19.8. The Morgan fingerprint density at radius 1 is 0.966 bits per heavy atom. The smallest absolute Gasteiger partial charge is 0.228 e. The number of nitrogens with one attached hydrogen (secondary N) is 1. The number of ether oxygens (including phenoxy) is 1. The minimum atomic E-state index is -0.196. The fraction of sp³-hybridized carbons (Fsp3) is 0.0833. The van der Waals surface area contributed by atoms with E-state index >= 15 is 0 Å². The monoisotopic (exact) mass is 381 g/mol. The molecule has 1 unspecified atom stereocenters. The Bertz CT molecular complexity index is 1230. The number of aromatic hydroxyl groups is 1. The molecule has 0 saturated heterocycles. The third kappa shape index (κ3) is 3.06. The van der Waals surface area contributed by atoms with Crippen molar-refractivity contribution in [3.05, 3.63) is 113 Å². The van der Waals surface area contributed by atoms with Crippen molar-refractivity contribution in [1.82, 2.24) is 9.55 Å². The predicted octanol–water partition coefficient (Wildman–Crippen LogP) is 4.40. The summed E-state index contributed by atoms with van der Waals surface area (Å²) in [5.41, 5.74) is 4.16. The fourth-order valence-electron chi connectivity index (χ4n) is 3.85. The standard InChI is InChI=1S/C24H19N3O2/c25-23-22-21(17-9-5-2-6-10-17)19-12-11-18(28)13-20(19)29-24(22)26-15-27(23)14-16-7-3-1-4-8-16/h1-13,15,21,25,28H,14H2. The molecule has 0 radical (unpaired) electrons. The second-order valence-electron chi connectivity index (χ2n) is 7.09. The first-order chi connectivity index (χ1) is 14.2. The van der Waals surface area contributed by atoms with Crippen molar-refractivity contribution >= 4 is 0 Å². The highest BCUT2D eigenvalue weighted by Gasteiger charge is 2.32. The van der Waals surface area contributed by atoms with Crippen molar-refractivity contribution in [2.45, 2.75) is 12.5 Å². The van der Waals surface area contributed by atoms with Gasteiger partial charge in [0.05, 0.1) is 12.1 Å². The van der Waals surface area contributed by atoms with Crippen LogP contribution in [-0.4, -0.2) is 14.7 Å². The van der Waals surface area contributed by atoms with Crippen LogP contribution < -0.4 is 10.2 Å². The van der Waals surface area contributed by atoms with Gasteiger partial charge in [-0.05, 0) is 17.2 Å². The molecule has 0 aliphatic carbocycles. The van der Waals surface area contributed by atoms with Crippen LogP contribution >= 0.6 is 0 Å². The average molecular weight is 381 g/mol. The summed E-state index contributed by atoms with van der Waals surface area (Å²) in [6.45, 7) is 0.559. The summed E-state index contributed by atoms with van der Waals surface area (Å²) in [6, 6.07) is 25.2. The molecule has 1 aromatic heterocycles. The molecule has 0 fully saturated rings. The van der Waals surface area contributed by atoms with Crippen molar-refractivity contribution in [1.29, 1.82) is 5.41 Å². The Labute approximate surface area is 168 Å². The van der Waals surface area contributed by atoms with Gasteiger partial charge in [-0.1, -0.05) is 66.7 Å². The molecule has 29 heavy (non-hydrogen) atoms. The average Bonchev–Trinajstić information content (AvgIpc) is 2.75. The highest BCUT2D eigenvalue weighted by Crippen LogP contribution is 2.45. The van der Waals surface area contributed by atoms with E-state index in [9.17, 15) is 5.11 Å². The topological polar surface area (TPSA) is 71.1 Å². The zero-order valence-electron chi connectivity index (χ0n) is 15.6. The Hall–Kier alpha value is -3.86. The number of rotatable bonds is 3. The molecule has 0 bridgehead atoms. The molecule has 1 atom stereocenters. The van der Waals surface area contributed by atoms with E-state index in [4.69, 9.17) is 10.1 Å². The highest BCUT2D eigenvalue weighted by molar-refractivity contribution is 5.57. The summed E-state index contributed by atoms with van der Waals surface area (Å²) in [6.07, 6.45) is 1.64. The van der Waals surface area contributed by atoms with Crippen LogP contribution in [0.5, 0.6) is 17.4 Å². The molecular weight excluding hydrogens is 362 g/mol. The number of nitrogens with zero attached hydrogens (tertiary/aromatic N) is 2. The van der Waals surface area contributed by atoms with Crippen LogP contribution in [0.3, 0.4) is 0 Å². The minimum Gasteiger partial charge on any atom is -0.508 e. The van der Waals surface area contributed by atoms with Gasteiger partial charge in [-0.2, -0.15) is 0 Å². The lowest BCUT2D eigenvalue weighted by Gasteiger charge is -2.28. The number of phenols is 1. The van der Waals surface area contributed by atoms with Crippen LogP contribution in [0.25, 0.3) is 0 Å². The van der Waals surface area contributed by atoms with Crippen LogP contribution in [0.4, 0.5) is 0 Å². The second kappa shape index (κ2) is 6.95. The number of fused-ring (bicyclic) bond motifs is 2. The predicted molar refractivity (Wildman–Crippen MR) is 109 cm³/mol. The van der Waals surface area contributed by atoms with Gasteiger partial charge in [-0.3, -0.25) is 5.41 Å². The lowest BCUT2D eigenvalue weighted by Crippen LogP contribution is -2.30. The Morgan fingerprint density at radius 2 is 1.69 bits per heavy atom. The summed E-state index contributed by atoms with van der Waals surface area (Å²) in [5, 5.41) is 18.8. The van der Waals surface area contributed by atoms with Gasteiger partial charge in [0.2, 0.25) is 5.88 Å². The van der Waals surface area contributed by atoms with Crippen molar-refractivity contribution < 1.29 is 9.84 Å². The van der Waals surface area contributed by atoms with Crippen molar-refractivity contribution in [2.24, 2.45) is 0 Å². The van der Waals surface area contributed by atoms with Crippen molar-refractivity contribution in [3.8, 4) is 17.4 Å². The molecule has 1 aliphatic rings. The fourth-order valence-corrected chi connectivity index (χ4v) is 3.85. The van der Waals surface area contributed by atoms with Crippen molar-refractivity contribution in [2.75, 3.05) is 0 Å². The lowest BCUT2D eigenvalue weighted by molar-refractivity contribution is 0.415. The maximum absolute atomic E-state index is 9.91. The van der Waals surface area contributed by atoms with Gasteiger partial charge in [0, 0.05) is 17.5 Å². The van der Waals surface area contributed by atoms with Gasteiger partial charge >= 0.3 is 0 Å². The van der Waals surface area contributed by atoms with Gasteiger partial charge < -0.3 is 14.4 Å². The molecule has 5 rings (SSSR count). The van der Waals surface area contributed by atoms with Crippen molar-refractivity contribution in [3.63, 3.8) is 0 Å².